The summed E-state index contributed by atoms with van der Waals surface area (Å²) in [4.78, 5) is 17.9. The molecule has 0 spiro atoms. The number of anilines is 1. The summed E-state index contributed by atoms with van der Waals surface area (Å²) < 4.78 is 0. The van der Waals surface area contributed by atoms with Gasteiger partial charge in [0.05, 0.1) is 6.42 Å². The predicted octanol–water partition coefficient (Wildman–Crippen LogP) is 5.39. The molecule has 3 aromatic rings. The normalized spacial score (nSPS) is 14.6. The summed E-state index contributed by atoms with van der Waals surface area (Å²) >= 11 is 0. The smallest absolute Gasteiger partial charge is 0.231 e. The van der Waals surface area contributed by atoms with Crippen LogP contribution in [0.2, 0.25) is 0 Å². The fraction of sp³-hybridized carbons (Fsp3) is 0.296. The molecule has 0 N–H and O–H groups in total. The van der Waals surface area contributed by atoms with E-state index in [-0.39, 0.29) is 24.4 Å². The van der Waals surface area contributed by atoms with E-state index in [0.717, 1.165) is 50.1 Å². The third-order valence-corrected chi connectivity index (χ3v) is 5.98. The van der Waals surface area contributed by atoms with Crippen molar-refractivity contribution in [2.24, 2.45) is 0 Å². The van der Waals surface area contributed by atoms with Crippen LogP contribution in [0, 0.1) is 0 Å². The van der Waals surface area contributed by atoms with Crippen LogP contribution < -0.4 is 4.90 Å². The summed E-state index contributed by atoms with van der Waals surface area (Å²) in [5, 5.41) is 0. The van der Waals surface area contributed by atoms with Crippen molar-refractivity contribution >= 4 is 24.0 Å². The quantitative estimate of drug-likeness (QED) is 0.497. The van der Waals surface area contributed by atoms with Gasteiger partial charge in [-0.2, -0.15) is 0 Å². The molecule has 3 nitrogen and oxygen atoms in total. The van der Waals surface area contributed by atoms with E-state index in [9.17, 15) is 4.79 Å². The summed E-state index contributed by atoms with van der Waals surface area (Å²) in [5.74, 6) is 0.190. The molecule has 1 aliphatic heterocycles. The number of nitrogens with zero attached hydrogens (tertiary/aromatic N) is 2. The predicted molar refractivity (Wildman–Crippen MR) is 131 cm³/mol. The molecular weight excluding hydrogens is 404 g/mol. The fourth-order valence-corrected chi connectivity index (χ4v) is 4.34. The molecule has 4 rings (SSSR count). The van der Waals surface area contributed by atoms with Gasteiger partial charge in [-0.1, -0.05) is 78.9 Å². The molecule has 0 aliphatic carbocycles. The lowest BCUT2D eigenvalue weighted by Crippen LogP contribution is -2.48. The van der Waals surface area contributed by atoms with Crippen LogP contribution in [0.15, 0.2) is 91.0 Å². The second-order valence-corrected chi connectivity index (χ2v) is 8.07. The number of para-hydroxylation sites is 1. The number of rotatable bonds is 7. The van der Waals surface area contributed by atoms with E-state index in [4.69, 9.17) is 0 Å². The van der Waals surface area contributed by atoms with Crippen LogP contribution in [0.3, 0.4) is 0 Å². The van der Waals surface area contributed by atoms with Gasteiger partial charge in [-0.25, -0.2) is 0 Å². The van der Waals surface area contributed by atoms with Gasteiger partial charge in [-0.05, 0) is 42.5 Å². The first-order valence-corrected chi connectivity index (χ1v) is 11.0. The molecule has 0 bridgehead atoms. The number of halogens is 1. The first-order valence-electron chi connectivity index (χ1n) is 11.0. The Bertz CT molecular complexity index is 910. The number of hydrogen-bond acceptors (Lipinski definition) is 2. The zero-order valence-electron chi connectivity index (χ0n) is 17.9. The van der Waals surface area contributed by atoms with Gasteiger partial charge in [0.1, 0.15) is 0 Å². The zero-order valence-corrected chi connectivity index (χ0v) is 18.7. The fourth-order valence-electron chi connectivity index (χ4n) is 4.34. The van der Waals surface area contributed by atoms with Crippen LogP contribution in [0.1, 0.15) is 24.0 Å². The second kappa shape index (κ2) is 11.7. The average molecular weight is 435 g/mol. The van der Waals surface area contributed by atoms with Crippen LogP contribution >= 0.6 is 12.4 Å². The second-order valence-electron chi connectivity index (χ2n) is 8.07. The van der Waals surface area contributed by atoms with Crippen LogP contribution in [0.4, 0.5) is 5.69 Å². The molecular formula is C27H31ClN2O. The highest BCUT2D eigenvalue weighted by atomic mass is 35.5. The van der Waals surface area contributed by atoms with Crippen LogP contribution in [0.25, 0.3) is 0 Å². The Balaban J connectivity index is 0.00000272. The third-order valence-electron chi connectivity index (χ3n) is 5.98. The van der Waals surface area contributed by atoms with E-state index in [0.29, 0.717) is 6.42 Å². The molecule has 0 aromatic heterocycles. The Kier molecular flexibility index (Phi) is 8.69. The van der Waals surface area contributed by atoms with E-state index in [1.54, 1.807) is 0 Å². The minimum absolute atomic E-state index is 0. The molecule has 0 saturated carbocycles. The molecule has 1 heterocycles. The van der Waals surface area contributed by atoms with Crippen molar-refractivity contribution in [3.63, 3.8) is 0 Å². The van der Waals surface area contributed by atoms with Gasteiger partial charge < -0.3 is 9.80 Å². The number of carbonyl (C=O) groups excluding carboxylic acids is 1. The maximum atomic E-state index is 13.3. The standard InChI is InChI=1S/C27H30N2O.ClH/c30-27(22-24-12-6-2-7-13-24)29(25-14-8-3-9-15-25)26-17-20-28(21-18-26)19-16-23-10-4-1-5-11-23;/h1-15,26H,16-22H2;1H. The Morgan fingerprint density at radius 2 is 1.29 bits per heavy atom. The van der Waals surface area contributed by atoms with E-state index >= 15 is 0 Å². The highest BCUT2D eigenvalue weighted by Gasteiger charge is 2.29. The largest absolute Gasteiger partial charge is 0.309 e. The van der Waals surface area contributed by atoms with Crippen molar-refractivity contribution in [1.29, 1.82) is 0 Å². The number of benzene rings is 3. The summed E-state index contributed by atoms with van der Waals surface area (Å²) in [5.41, 5.74) is 3.48. The van der Waals surface area contributed by atoms with Crippen LogP contribution in [-0.2, 0) is 17.6 Å². The molecule has 0 unspecified atom stereocenters. The van der Waals surface area contributed by atoms with Gasteiger partial charge in [0.25, 0.3) is 0 Å². The lowest BCUT2D eigenvalue weighted by molar-refractivity contribution is -0.118. The number of piperidine rings is 1. The van der Waals surface area contributed by atoms with Crippen molar-refractivity contribution in [1.82, 2.24) is 4.90 Å². The maximum Gasteiger partial charge on any atom is 0.231 e. The lowest BCUT2D eigenvalue weighted by atomic mass is 10.00. The molecule has 1 fully saturated rings. The minimum atomic E-state index is 0. The molecule has 0 atom stereocenters. The van der Waals surface area contributed by atoms with Gasteiger partial charge in [0, 0.05) is 31.4 Å². The number of amides is 1. The molecule has 0 radical (unpaired) electrons. The number of likely N-dealkylation sites (tertiary alicyclic amines) is 1. The third kappa shape index (κ3) is 6.43. The van der Waals surface area contributed by atoms with Crippen molar-refractivity contribution < 1.29 is 4.79 Å². The summed E-state index contributed by atoms with van der Waals surface area (Å²) in [7, 11) is 0. The average Bonchev–Trinajstić information content (AvgIpc) is 2.81. The lowest BCUT2D eigenvalue weighted by Gasteiger charge is -2.38. The minimum Gasteiger partial charge on any atom is -0.309 e. The molecule has 3 aromatic carbocycles. The van der Waals surface area contributed by atoms with Crippen molar-refractivity contribution in [2.75, 3.05) is 24.5 Å². The van der Waals surface area contributed by atoms with E-state index in [1.807, 2.05) is 48.5 Å². The highest BCUT2D eigenvalue weighted by Crippen LogP contribution is 2.25. The zero-order chi connectivity index (χ0) is 20.6. The van der Waals surface area contributed by atoms with Gasteiger partial charge in [-0.15, -0.1) is 12.4 Å². The molecule has 1 saturated heterocycles. The Morgan fingerprint density at radius 3 is 1.87 bits per heavy atom. The van der Waals surface area contributed by atoms with Gasteiger partial charge in [0.2, 0.25) is 5.91 Å². The Labute approximate surface area is 192 Å². The monoisotopic (exact) mass is 434 g/mol. The van der Waals surface area contributed by atoms with E-state index in [1.165, 1.54) is 5.56 Å². The van der Waals surface area contributed by atoms with E-state index < -0.39 is 0 Å². The summed E-state index contributed by atoms with van der Waals surface area (Å²) in [6.45, 7) is 3.17. The van der Waals surface area contributed by atoms with Crippen LogP contribution in [0.5, 0.6) is 0 Å². The first kappa shape index (κ1) is 23.1. The highest BCUT2D eigenvalue weighted by molar-refractivity contribution is 5.95. The van der Waals surface area contributed by atoms with Crippen molar-refractivity contribution in [2.45, 2.75) is 31.7 Å². The Morgan fingerprint density at radius 1 is 0.774 bits per heavy atom. The van der Waals surface area contributed by atoms with Gasteiger partial charge in [0.15, 0.2) is 0 Å². The molecule has 4 heteroatoms. The van der Waals surface area contributed by atoms with Crippen LogP contribution in [-0.4, -0.2) is 36.5 Å². The van der Waals surface area contributed by atoms with Gasteiger partial charge in [-0.3, -0.25) is 4.79 Å². The van der Waals surface area contributed by atoms with Crippen molar-refractivity contribution in [3.05, 3.63) is 102 Å². The van der Waals surface area contributed by atoms with Crippen molar-refractivity contribution in [3.8, 4) is 0 Å². The molecule has 1 amide bonds. The molecule has 1 aliphatic rings. The first-order chi connectivity index (χ1) is 14.8. The Hall–Kier alpha value is -2.62. The summed E-state index contributed by atoms with van der Waals surface area (Å²) in [6, 6.07) is 31.2. The number of hydrogen-bond donors (Lipinski definition) is 0. The topological polar surface area (TPSA) is 23.6 Å². The number of carbonyl (C=O) groups is 1. The molecule has 162 valence electrons. The summed E-state index contributed by atoms with van der Waals surface area (Å²) in [6.07, 6.45) is 3.57. The SMILES string of the molecule is Cl.O=C(Cc1ccccc1)N(c1ccccc1)C1CCN(CCc2ccccc2)CC1. The van der Waals surface area contributed by atoms with Gasteiger partial charge >= 0.3 is 0 Å². The maximum absolute atomic E-state index is 13.3. The van der Waals surface area contributed by atoms with E-state index in [2.05, 4.69) is 52.3 Å². The molecule has 31 heavy (non-hydrogen) atoms.